The average Bonchev–Trinajstić information content (AvgIpc) is 2.79. The minimum absolute atomic E-state index is 0.0101. The molecular formula is C28H37Cl2NO3S. The van der Waals surface area contributed by atoms with Gasteiger partial charge in [0.15, 0.2) is 9.84 Å². The van der Waals surface area contributed by atoms with Crippen molar-refractivity contribution in [3.63, 3.8) is 0 Å². The molecule has 0 N–H and O–H groups in total. The highest BCUT2D eigenvalue weighted by molar-refractivity contribution is 7.92. The van der Waals surface area contributed by atoms with Crippen molar-refractivity contribution >= 4 is 38.9 Å². The second-order valence-corrected chi connectivity index (χ2v) is 14.2. The largest absolute Gasteiger partial charge is 0.330 e. The molecule has 3 rings (SSSR count). The number of nitrogens with zero attached hydrogens (tertiary/aromatic N) is 1. The first-order valence-corrected chi connectivity index (χ1v) is 14.8. The summed E-state index contributed by atoms with van der Waals surface area (Å²) in [6, 6.07) is 14.6. The van der Waals surface area contributed by atoms with Gasteiger partial charge in [-0.05, 0) is 68.0 Å². The fraction of sp³-hybridized carbons (Fsp3) is 0.536. The van der Waals surface area contributed by atoms with Gasteiger partial charge in [-0.15, -0.1) is 0 Å². The van der Waals surface area contributed by atoms with E-state index in [0.29, 0.717) is 22.9 Å². The van der Waals surface area contributed by atoms with Crippen LogP contribution in [0.3, 0.4) is 0 Å². The molecule has 4 nitrogen and oxygen atoms in total. The molecular weight excluding hydrogens is 501 g/mol. The van der Waals surface area contributed by atoms with Gasteiger partial charge in [0, 0.05) is 27.4 Å². The van der Waals surface area contributed by atoms with Gasteiger partial charge >= 0.3 is 0 Å². The van der Waals surface area contributed by atoms with Crippen LogP contribution in [0.25, 0.3) is 0 Å². The number of carbonyl (C=O) groups is 1. The first kappa shape index (κ1) is 28.0. The van der Waals surface area contributed by atoms with E-state index in [4.69, 9.17) is 23.2 Å². The predicted octanol–water partition coefficient (Wildman–Crippen LogP) is 7.31. The molecule has 2 aromatic carbocycles. The fourth-order valence-corrected chi connectivity index (χ4v) is 6.81. The number of piperidine rings is 1. The molecule has 1 fully saturated rings. The van der Waals surface area contributed by atoms with Crippen molar-refractivity contribution in [1.29, 1.82) is 0 Å². The summed E-state index contributed by atoms with van der Waals surface area (Å²) in [5.74, 6) is -0.168. The maximum absolute atomic E-state index is 14.3. The molecule has 0 aliphatic carbocycles. The molecule has 7 heteroatoms. The lowest BCUT2D eigenvalue weighted by molar-refractivity contribution is -0.155. The van der Waals surface area contributed by atoms with Crippen LogP contribution in [-0.4, -0.2) is 36.3 Å². The number of hydrogen-bond donors (Lipinski definition) is 0. The third kappa shape index (κ3) is 5.89. The third-order valence-corrected chi connectivity index (χ3v) is 10.3. The van der Waals surface area contributed by atoms with Gasteiger partial charge in [-0.25, -0.2) is 8.42 Å². The van der Waals surface area contributed by atoms with Crippen LogP contribution >= 0.6 is 23.2 Å². The Hall–Kier alpha value is -1.56. The summed E-state index contributed by atoms with van der Waals surface area (Å²) in [6.07, 6.45) is 1.31. The molecule has 192 valence electrons. The zero-order valence-corrected chi connectivity index (χ0v) is 23.8. The summed E-state index contributed by atoms with van der Waals surface area (Å²) >= 11 is 12.6. The van der Waals surface area contributed by atoms with Gasteiger partial charge in [-0.2, -0.15) is 0 Å². The van der Waals surface area contributed by atoms with E-state index >= 15 is 0 Å². The Morgan fingerprint density at radius 1 is 1.00 bits per heavy atom. The summed E-state index contributed by atoms with van der Waals surface area (Å²) in [6.45, 7) is 11.4. The maximum Gasteiger partial charge on any atom is 0.229 e. The van der Waals surface area contributed by atoms with E-state index in [9.17, 15) is 13.2 Å². The molecule has 1 aliphatic rings. The summed E-state index contributed by atoms with van der Waals surface area (Å²) < 4.78 is 26.3. The number of amides is 1. The standard InChI is InChI=1S/C28H37Cl2NO3S/c1-7-28(6)16-24(21-9-8-10-23(30)15-21)26(20-11-13-22(29)14-12-20)31(27(28)32)25(18(2)3)17-35(33,34)19(4)5/h8-15,18-19,24-26H,7,16-17H2,1-6H3/t24?,25-,26-,28+/m1/s1. The Labute approximate surface area is 220 Å². The maximum atomic E-state index is 14.3. The molecule has 4 atom stereocenters. The van der Waals surface area contributed by atoms with E-state index in [1.807, 2.05) is 75.1 Å². The minimum atomic E-state index is -3.40. The van der Waals surface area contributed by atoms with Crippen LogP contribution in [0, 0.1) is 11.3 Å². The summed E-state index contributed by atoms with van der Waals surface area (Å²) in [5, 5.41) is 0.739. The fourth-order valence-electron chi connectivity index (χ4n) is 5.08. The van der Waals surface area contributed by atoms with Crippen LogP contribution in [0.4, 0.5) is 0 Å². The van der Waals surface area contributed by atoms with Crippen LogP contribution in [0.2, 0.25) is 10.0 Å². The van der Waals surface area contributed by atoms with Crippen LogP contribution in [0.5, 0.6) is 0 Å². The van der Waals surface area contributed by atoms with E-state index in [-0.39, 0.29) is 29.5 Å². The molecule has 1 unspecified atom stereocenters. The van der Waals surface area contributed by atoms with Crippen LogP contribution in [-0.2, 0) is 14.6 Å². The number of carbonyl (C=O) groups excluding carboxylic acids is 1. The molecule has 1 heterocycles. The first-order valence-electron chi connectivity index (χ1n) is 12.4. The van der Waals surface area contributed by atoms with E-state index < -0.39 is 26.5 Å². The molecule has 0 spiro atoms. The van der Waals surface area contributed by atoms with E-state index in [0.717, 1.165) is 11.1 Å². The van der Waals surface area contributed by atoms with Crippen molar-refractivity contribution in [2.45, 2.75) is 77.6 Å². The molecule has 2 aromatic rings. The Bertz CT molecular complexity index is 1150. The molecule has 1 aliphatic heterocycles. The van der Waals surface area contributed by atoms with Gasteiger partial charge in [-0.3, -0.25) is 4.79 Å². The number of benzene rings is 2. The molecule has 1 amide bonds. The number of hydrogen-bond acceptors (Lipinski definition) is 3. The van der Waals surface area contributed by atoms with Gasteiger partial charge < -0.3 is 4.90 Å². The monoisotopic (exact) mass is 537 g/mol. The predicted molar refractivity (Wildman–Crippen MR) is 146 cm³/mol. The van der Waals surface area contributed by atoms with Gasteiger partial charge in [0.2, 0.25) is 5.91 Å². The lowest BCUT2D eigenvalue weighted by Crippen LogP contribution is -2.58. The Balaban J connectivity index is 2.27. The molecule has 1 saturated heterocycles. The molecule has 0 bridgehead atoms. The molecule has 0 radical (unpaired) electrons. The van der Waals surface area contributed by atoms with Gasteiger partial charge in [0.1, 0.15) is 0 Å². The van der Waals surface area contributed by atoms with Crippen molar-refractivity contribution in [3.05, 3.63) is 69.7 Å². The summed E-state index contributed by atoms with van der Waals surface area (Å²) in [4.78, 5) is 16.1. The van der Waals surface area contributed by atoms with Crippen molar-refractivity contribution in [2.75, 3.05) is 5.75 Å². The van der Waals surface area contributed by atoms with Gasteiger partial charge in [-0.1, -0.05) is 75.2 Å². The van der Waals surface area contributed by atoms with E-state index in [1.54, 1.807) is 13.8 Å². The second kappa shape index (κ2) is 10.8. The number of rotatable bonds is 8. The smallest absolute Gasteiger partial charge is 0.229 e. The number of likely N-dealkylation sites (tertiary alicyclic amines) is 1. The van der Waals surface area contributed by atoms with Gasteiger partial charge in [0.25, 0.3) is 0 Å². The van der Waals surface area contributed by atoms with Gasteiger partial charge in [0.05, 0.1) is 17.0 Å². The SMILES string of the molecule is CC[C@@]1(C)CC(c2cccc(Cl)c2)[C@@H](c2ccc(Cl)cc2)N([C@H](CS(=O)(=O)C(C)C)C(C)C)C1=O. The molecule has 0 saturated carbocycles. The van der Waals surface area contributed by atoms with Crippen LogP contribution in [0.15, 0.2) is 48.5 Å². The lowest BCUT2D eigenvalue weighted by Gasteiger charge is -2.53. The number of sulfone groups is 1. The Morgan fingerprint density at radius 2 is 1.63 bits per heavy atom. The highest BCUT2D eigenvalue weighted by Gasteiger charge is 2.51. The van der Waals surface area contributed by atoms with Crippen LogP contribution in [0.1, 0.15) is 77.5 Å². The molecule has 35 heavy (non-hydrogen) atoms. The van der Waals surface area contributed by atoms with Crippen molar-refractivity contribution in [3.8, 4) is 0 Å². The zero-order chi connectivity index (χ0) is 26.1. The average molecular weight is 539 g/mol. The van der Waals surface area contributed by atoms with Crippen LogP contribution < -0.4 is 0 Å². The topological polar surface area (TPSA) is 54.5 Å². The van der Waals surface area contributed by atoms with E-state index in [1.165, 1.54) is 0 Å². The quantitative estimate of drug-likeness (QED) is 0.354. The minimum Gasteiger partial charge on any atom is -0.330 e. The Kier molecular flexibility index (Phi) is 8.66. The second-order valence-electron chi connectivity index (χ2n) is 10.7. The lowest BCUT2D eigenvalue weighted by atomic mass is 9.67. The first-order chi connectivity index (χ1) is 16.3. The Morgan fingerprint density at radius 3 is 2.14 bits per heavy atom. The highest BCUT2D eigenvalue weighted by Crippen LogP contribution is 2.52. The van der Waals surface area contributed by atoms with E-state index in [2.05, 4.69) is 6.07 Å². The molecule has 0 aromatic heterocycles. The van der Waals surface area contributed by atoms with Crippen molar-refractivity contribution in [1.82, 2.24) is 4.90 Å². The third-order valence-electron chi connectivity index (χ3n) is 7.62. The highest BCUT2D eigenvalue weighted by atomic mass is 35.5. The van der Waals surface area contributed by atoms with Crippen molar-refractivity contribution < 1.29 is 13.2 Å². The normalized spacial score (nSPS) is 24.3. The summed E-state index contributed by atoms with van der Waals surface area (Å²) in [5.41, 5.74) is 1.37. The zero-order valence-electron chi connectivity index (χ0n) is 21.5. The number of halogens is 2. The summed E-state index contributed by atoms with van der Waals surface area (Å²) in [7, 11) is -3.40. The van der Waals surface area contributed by atoms with Crippen molar-refractivity contribution in [2.24, 2.45) is 11.3 Å².